The lowest BCUT2D eigenvalue weighted by Crippen LogP contribution is -2.34. The number of carbonyl (C=O) groups excluding carboxylic acids is 2. The minimum atomic E-state index is -0.203. The van der Waals surface area contributed by atoms with Gasteiger partial charge >= 0.3 is 0 Å². The van der Waals surface area contributed by atoms with Gasteiger partial charge in [0.05, 0.1) is 23.2 Å². The summed E-state index contributed by atoms with van der Waals surface area (Å²) in [5, 5.41) is 2.81. The fourth-order valence-corrected chi connectivity index (χ4v) is 4.32. The third kappa shape index (κ3) is 4.74. The number of carbonyl (C=O) groups is 2. The highest BCUT2D eigenvalue weighted by molar-refractivity contribution is 6.08. The number of ether oxygens (including phenoxy) is 1. The molecule has 0 spiro atoms. The van der Waals surface area contributed by atoms with E-state index < -0.39 is 0 Å². The Morgan fingerprint density at radius 3 is 2.73 bits per heavy atom. The van der Waals surface area contributed by atoms with E-state index in [2.05, 4.69) is 15.2 Å². The van der Waals surface area contributed by atoms with Gasteiger partial charge in [-0.05, 0) is 44.8 Å². The van der Waals surface area contributed by atoms with E-state index in [4.69, 9.17) is 9.72 Å². The zero-order valence-electron chi connectivity index (χ0n) is 19.5. The number of nitrogens with one attached hydrogen (secondary N) is 1. The molecule has 1 aliphatic heterocycles. The molecule has 1 unspecified atom stereocenters. The molecule has 3 heterocycles. The second-order valence-electron chi connectivity index (χ2n) is 8.52. The highest BCUT2D eigenvalue weighted by atomic mass is 16.5. The Bertz CT molecular complexity index is 1160. The van der Waals surface area contributed by atoms with Crippen LogP contribution in [-0.2, 0) is 16.1 Å². The first kappa shape index (κ1) is 22.9. The van der Waals surface area contributed by atoms with Gasteiger partial charge in [-0.1, -0.05) is 6.07 Å². The molecule has 1 aromatic carbocycles. The number of aromatic nitrogens is 3. The number of imidazole rings is 1. The predicted molar refractivity (Wildman–Crippen MR) is 127 cm³/mol. The smallest absolute Gasteiger partial charge is 0.256 e. The number of fused-ring (bicyclic) bond motifs is 1. The molecular formula is C24H30N6O3. The molecule has 4 rings (SSSR count). The molecule has 9 nitrogen and oxygen atoms in total. The zero-order chi connectivity index (χ0) is 23.5. The van der Waals surface area contributed by atoms with Crippen LogP contribution in [0.25, 0.3) is 22.6 Å². The van der Waals surface area contributed by atoms with Gasteiger partial charge in [-0.3, -0.25) is 14.6 Å². The summed E-state index contributed by atoms with van der Waals surface area (Å²) in [5.41, 5.74) is 3.12. The van der Waals surface area contributed by atoms with Gasteiger partial charge in [0.1, 0.15) is 5.69 Å². The van der Waals surface area contributed by atoms with Gasteiger partial charge in [-0.15, -0.1) is 0 Å². The van der Waals surface area contributed by atoms with Crippen LogP contribution in [-0.4, -0.2) is 83.1 Å². The van der Waals surface area contributed by atoms with Gasteiger partial charge < -0.3 is 24.4 Å². The third-order valence-corrected chi connectivity index (χ3v) is 5.99. The van der Waals surface area contributed by atoms with Crippen LogP contribution in [0.5, 0.6) is 0 Å². The fourth-order valence-electron chi connectivity index (χ4n) is 4.32. The maximum Gasteiger partial charge on any atom is 0.256 e. The lowest BCUT2D eigenvalue weighted by atomic mass is 10.1. The topological polar surface area (TPSA) is 92.6 Å². The monoisotopic (exact) mass is 450 g/mol. The van der Waals surface area contributed by atoms with Crippen LogP contribution in [0.1, 0.15) is 23.7 Å². The molecule has 2 aromatic heterocycles. The van der Waals surface area contributed by atoms with Crippen LogP contribution in [0.3, 0.4) is 0 Å². The first-order chi connectivity index (χ1) is 15.9. The van der Waals surface area contributed by atoms with Crippen LogP contribution in [0.15, 0.2) is 36.5 Å². The van der Waals surface area contributed by atoms with Crippen molar-refractivity contribution in [1.82, 2.24) is 24.3 Å². The first-order valence-electron chi connectivity index (χ1n) is 11.1. The second-order valence-corrected chi connectivity index (χ2v) is 8.52. The summed E-state index contributed by atoms with van der Waals surface area (Å²) in [4.78, 5) is 38.9. The molecule has 9 heteroatoms. The molecule has 2 amide bonds. The van der Waals surface area contributed by atoms with Crippen molar-refractivity contribution in [3.8, 4) is 11.5 Å². The molecule has 33 heavy (non-hydrogen) atoms. The third-order valence-electron chi connectivity index (χ3n) is 5.99. The van der Waals surface area contributed by atoms with Gasteiger partial charge in [-0.25, -0.2) is 4.98 Å². The first-order valence-corrected chi connectivity index (χ1v) is 11.1. The standard InChI is InChI=1S/C24H30N6O3/c1-16(31)26-17-13-19(24(32)29-10-8-18(15-29)28(2)3)22-21(14-17)27-23(30(22)11-12-33-4)20-7-5-6-9-25-20/h5-7,9,13-14,18H,8,10-12,15H2,1-4H3,(H,26,31). The summed E-state index contributed by atoms with van der Waals surface area (Å²) in [7, 11) is 5.71. The highest BCUT2D eigenvalue weighted by Crippen LogP contribution is 2.31. The maximum atomic E-state index is 13.7. The molecule has 3 aromatic rings. The molecule has 1 aliphatic rings. The summed E-state index contributed by atoms with van der Waals surface area (Å²) >= 11 is 0. The second kappa shape index (κ2) is 9.68. The lowest BCUT2D eigenvalue weighted by Gasteiger charge is -2.21. The predicted octanol–water partition coefficient (Wildman–Crippen LogP) is 2.48. The molecule has 1 N–H and O–H groups in total. The minimum absolute atomic E-state index is 0.0670. The number of hydrogen-bond acceptors (Lipinski definition) is 6. The number of pyridine rings is 1. The van der Waals surface area contributed by atoms with Crippen LogP contribution >= 0.6 is 0 Å². The average molecular weight is 451 g/mol. The van der Waals surface area contributed by atoms with Crippen LogP contribution in [0.4, 0.5) is 5.69 Å². The molecule has 0 radical (unpaired) electrons. The number of hydrogen-bond donors (Lipinski definition) is 1. The Labute approximate surface area is 193 Å². The normalized spacial score (nSPS) is 16.0. The van der Waals surface area contributed by atoms with Gasteiger partial charge in [0, 0.05) is 51.6 Å². The summed E-state index contributed by atoms with van der Waals surface area (Å²) in [5.74, 6) is 0.386. The van der Waals surface area contributed by atoms with Crippen LogP contribution in [0, 0.1) is 0 Å². The Morgan fingerprint density at radius 2 is 2.09 bits per heavy atom. The van der Waals surface area contributed by atoms with Crippen LogP contribution < -0.4 is 5.32 Å². The maximum absolute atomic E-state index is 13.7. The van der Waals surface area contributed by atoms with E-state index in [1.807, 2.05) is 41.8 Å². The Kier molecular flexibility index (Phi) is 6.71. The summed E-state index contributed by atoms with van der Waals surface area (Å²) in [6.07, 6.45) is 2.64. The number of anilines is 1. The molecule has 1 fully saturated rings. The van der Waals surface area contributed by atoms with E-state index in [0.717, 1.165) is 11.9 Å². The minimum Gasteiger partial charge on any atom is -0.383 e. The molecule has 1 saturated heterocycles. The van der Waals surface area contributed by atoms with E-state index in [-0.39, 0.29) is 11.8 Å². The number of rotatable bonds is 7. The molecule has 174 valence electrons. The van der Waals surface area contributed by atoms with Crippen molar-refractivity contribution >= 4 is 28.5 Å². The molecule has 0 aliphatic carbocycles. The van der Waals surface area contributed by atoms with Crippen molar-refractivity contribution in [2.45, 2.75) is 25.9 Å². The van der Waals surface area contributed by atoms with Gasteiger partial charge in [0.2, 0.25) is 5.91 Å². The highest BCUT2D eigenvalue weighted by Gasteiger charge is 2.30. The zero-order valence-corrected chi connectivity index (χ0v) is 19.5. The van der Waals surface area contributed by atoms with Crippen molar-refractivity contribution in [1.29, 1.82) is 0 Å². The van der Waals surface area contributed by atoms with Crippen molar-refractivity contribution in [2.24, 2.45) is 0 Å². The number of amides is 2. The van der Waals surface area contributed by atoms with E-state index in [0.29, 0.717) is 60.6 Å². The van der Waals surface area contributed by atoms with Crippen molar-refractivity contribution in [3.63, 3.8) is 0 Å². The molecule has 0 bridgehead atoms. The van der Waals surface area contributed by atoms with E-state index >= 15 is 0 Å². The number of methoxy groups -OCH3 is 1. The number of benzene rings is 1. The fraction of sp³-hybridized carbons (Fsp3) is 0.417. The molecule has 1 atom stereocenters. The average Bonchev–Trinajstić information content (AvgIpc) is 3.42. The van der Waals surface area contributed by atoms with Gasteiger partial charge in [0.15, 0.2) is 5.82 Å². The van der Waals surface area contributed by atoms with Crippen molar-refractivity contribution in [3.05, 3.63) is 42.1 Å². The molecule has 0 saturated carbocycles. The summed E-state index contributed by atoms with van der Waals surface area (Å²) in [6, 6.07) is 9.53. The SMILES string of the molecule is COCCn1c(-c2ccccn2)nc2cc(NC(C)=O)cc(C(=O)N3CCC(N(C)C)C3)c21. The largest absolute Gasteiger partial charge is 0.383 e. The lowest BCUT2D eigenvalue weighted by molar-refractivity contribution is -0.114. The molecular weight excluding hydrogens is 420 g/mol. The Hall–Kier alpha value is -3.30. The number of likely N-dealkylation sites (tertiary alicyclic amines) is 1. The van der Waals surface area contributed by atoms with Gasteiger partial charge in [0.25, 0.3) is 5.91 Å². The van der Waals surface area contributed by atoms with E-state index in [1.165, 1.54) is 6.92 Å². The Balaban J connectivity index is 1.88. The summed E-state index contributed by atoms with van der Waals surface area (Å²) in [6.45, 7) is 3.77. The number of nitrogens with zero attached hydrogens (tertiary/aromatic N) is 5. The Morgan fingerprint density at radius 1 is 1.27 bits per heavy atom. The van der Waals surface area contributed by atoms with Gasteiger partial charge in [-0.2, -0.15) is 0 Å². The number of likely N-dealkylation sites (N-methyl/N-ethyl adjacent to an activating group) is 1. The van der Waals surface area contributed by atoms with Crippen LogP contribution in [0.2, 0.25) is 0 Å². The quantitative estimate of drug-likeness (QED) is 0.595. The van der Waals surface area contributed by atoms with Crippen molar-refractivity contribution in [2.75, 3.05) is 46.2 Å². The van der Waals surface area contributed by atoms with E-state index in [9.17, 15) is 9.59 Å². The summed E-state index contributed by atoms with van der Waals surface area (Å²) < 4.78 is 7.34. The van der Waals surface area contributed by atoms with E-state index in [1.54, 1.807) is 25.4 Å². The van der Waals surface area contributed by atoms with Crippen molar-refractivity contribution < 1.29 is 14.3 Å².